The van der Waals surface area contributed by atoms with Crippen molar-refractivity contribution in [1.29, 1.82) is 0 Å². The molecule has 1 aromatic carbocycles. The minimum absolute atomic E-state index is 0.00578. The number of nitrogens with zero attached hydrogens (tertiary/aromatic N) is 2. The van der Waals surface area contributed by atoms with Crippen LogP contribution in [0.5, 0.6) is 5.88 Å². The predicted octanol–water partition coefficient (Wildman–Crippen LogP) is 0.733. The summed E-state index contributed by atoms with van der Waals surface area (Å²) in [7, 11) is 0. The zero-order valence-corrected chi connectivity index (χ0v) is 9.31. The second kappa shape index (κ2) is 5.28. The van der Waals surface area contributed by atoms with Crippen LogP contribution in [0.4, 0.5) is 0 Å². The van der Waals surface area contributed by atoms with Gasteiger partial charge in [-0.15, -0.1) is 0 Å². The fourth-order valence-corrected chi connectivity index (χ4v) is 1.32. The summed E-state index contributed by atoms with van der Waals surface area (Å²) >= 11 is 0. The molecule has 1 unspecified atom stereocenters. The van der Waals surface area contributed by atoms with E-state index in [0.29, 0.717) is 0 Å². The zero-order valence-electron chi connectivity index (χ0n) is 9.31. The topological polar surface area (TPSA) is 111 Å². The van der Waals surface area contributed by atoms with Gasteiger partial charge in [0.1, 0.15) is 6.61 Å². The fourth-order valence-electron chi connectivity index (χ4n) is 1.32. The molecule has 0 spiro atoms. The molecule has 1 heterocycles. The van der Waals surface area contributed by atoms with Gasteiger partial charge in [-0.25, -0.2) is 4.63 Å². The van der Waals surface area contributed by atoms with Gasteiger partial charge in [-0.1, -0.05) is 30.3 Å². The number of carboxylic acid groups (broad SMARTS) is 1. The first-order valence-electron chi connectivity index (χ1n) is 5.16. The van der Waals surface area contributed by atoms with Gasteiger partial charge in [-0.2, -0.15) is 0 Å². The number of carbonyl (C=O) groups is 1. The maximum atomic E-state index is 10.7. The van der Waals surface area contributed by atoms with Crippen molar-refractivity contribution >= 4 is 5.97 Å². The molecule has 0 aliphatic heterocycles. The number of hydrogen-bond acceptors (Lipinski definition) is 6. The molecule has 7 heteroatoms. The number of aromatic nitrogens is 2. The summed E-state index contributed by atoms with van der Waals surface area (Å²) in [4.78, 5) is 10.7. The van der Waals surface area contributed by atoms with Gasteiger partial charge >= 0.3 is 5.97 Å². The molecular weight excluding hydrogens is 238 g/mol. The van der Waals surface area contributed by atoms with E-state index in [1.807, 2.05) is 30.3 Å². The van der Waals surface area contributed by atoms with Crippen molar-refractivity contribution in [3.8, 4) is 5.88 Å². The van der Waals surface area contributed by atoms with Gasteiger partial charge in [0.2, 0.25) is 0 Å². The van der Waals surface area contributed by atoms with E-state index >= 15 is 0 Å². The summed E-state index contributed by atoms with van der Waals surface area (Å²) in [5, 5.41) is 15.7. The molecule has 7 nitrogen and oxygen atoms in total. The molecule has 0 saturated heterocycles. The van der Waals surface area contributed by atoms with E-state index in [1.54, 1.807) is 0 Å². The first-order valence-corrected chi connectivity index (χ1v) is 5.16. The fraction of sp³-hybridized carbons (Fsp3) is 0.182. The molecule has 94 valence electrons. The lowest BCUT2D eigenvalue weighted by atomic mass is 10.2. The second-order valence-electron chi connectivity index (χ2n) is 3.54. The molecular formula is C11H11N3O4. The molecule has 2 rings (SSSR count). The summed E-state index contributed by atoms with van der Waals surface area (Å²) in [6.45, 7) is 0.231. The Labute approximate surface area is 102 Å². The first-order chi connectivity index (χ1) is 8.68. The summed E-state index contributed by atoms with van der Waals surface area (Å²) in [6.07, 6.45) is 0. The predicted molar refractivity (Wildman–Crippen MR) is 59.6 cm³/mol. The van der Waals surface area contributed by atoms with Crippen LogP contribution in [0.15, 0.2) is 35.0 Å². The van der Waals surface area contributed by atoms with Crippen molar-refractivity contribution in [3.05, 3.63) is 41.6 Å². The van der Waals surface area contributed by atoms with Crippen LogP contribution < -0.4 is 10.5 Å². The molecule has 1 atom stereocenters. The molecule has 18 heavy (non-hydrogen) atoms. The lowest BCUT2D eigenvalue weighted by Gasteiger charge is -2.05. The van der Waals surface area contributed by atoms with Crippen molar-refractivity contribution in [2.24, 2.45) is 5.73 Å². The quantitative estimate of drug-likeness (QED) is 0.803. The summed E-state index contributed by atoms with van der Waals surface area (Å²) in [6, 6.07) is 8.02. The van der Waals surface area contributed by atoms with Crippen molar-refractivity contribution < 1.29 is 19.3 Å². The maximum Gasteiger partial charge on any atom is 0.327 e. The van der Waals surface area contributed by atoms with E-state index in [-0.39, 0.29) is 18.2 Å². The molecule has 0 aliphatic carbocycles. The van der Waals surface area contributed by atoms with Crippen LogP contribution in [-0.4, -0.2) is 21.4 Å². The van der Waals surface area contributed by atoms with Crippen LogP contribution in [-0.2, 0) is 11.4 Å². The average molecular weight is 249 g/mol. The van der Waals surface area contributed by atoms with Crippen LogP contribution in [0, 0.1) is 0 Å². The molecule has 0 bridgehead atoms. The highest BCUT2D eigenvalue weighted by atomic mass is 16.6. The van der Waals surface area contributed by atoms with Crippen LogP contribution >= 0.6 is 0 Å². The first kappa shape index (κ1) is 12.1. The van der Waals surface area contributed by atoms with E-state index in [0.717, 1.165) is 5.56 Å². The highest BCUT2D eigenvalue weighted by Crippen LogP contribution is 2.20. The maximum absolute atomic E-state index is 10.7. The van der Waals surface area contributed by atoms with Crippen LogP contribution in [0.1, 0.15) is 17.3 Å². The van der Waals surface area contributed by atoms with Crippen molar-refractivity contribution in [1.82, 2.24) is 10.3 Å². The Balaban J connectivity index is 2.07. The number of aliphatic carboxylic acids is 1. The molecule has 0 saturated carbocycles. The normalized spacial score (nSPS) is 12.1. The third kappa shape index (κ3) is 2.64. The van der Waals surface area contributed by atoms with E-state index in [4.69, 9.17) is 15.6 Å². The molecule has 0 aliphatic rings. The highest BCUT2D eigenvalue weighted by Gasteiger charge is 2.24. The number of benzene rings is 1. The van der Waals surface area contributed by atoms with Gasteiger partial charge in [0.25, 0.3) is 5.88 Å². The van der Waals surface area contributed by atoms with Crippen LogP contribution in [0.25, 0.3) is 0 Å². The number of carboxylic acids is 1. The summed E-state index contributed by atoms with van der Waals surface area (Å²) in [5.41, 5.74) is 6.29. The number of rotatable bonds is 5. The Bertz CT molecular complexity index is 526. The Morgan fingerprint density at radius 1 is 1.39 bits per heavy atom. The lowest BCUT2D eigenvalue weighted by Crippen LogP contribution is -2.21. The summed E-state index contributed by atoms with van der Waals surface area (Å²) < 4.78 is 9.76. The Hall–Kier alpha value is -2.41. The highest BCUT2D eigenvalue weighted by molar-refractivity contribution is 5.75. The number of hydrogen-bond donors (Lipinski definition) is 2. The minimum atomic E-state index is -1.32. The average Bonchev–Trinajstić information content (AvgIpc) is 2.84. The van der Waals surface area contributed by atoms with Gasteiger partial charge in [-0.05, 0) is 15.9 Å². The van der Waals surface area contributed by atoms with E-state index in [2.05, 4.69) is 14.9 Å². The SMILES string of the molecule is NC(C(=O)O)c1nonc1OCc1ccccc1. The van der Waals surface area contributed by atoms with E-state index in [1.165, 1.54) is 0 Å². The molecule has 0 amide bonds. The van der Waals surface area contributed by atoms with Crippen LogP contribution in [0.3, 0.4) is 0 Å². The smallest absolute Gasteiger partial charge is 0.327 e. The van der Waals surface area contributed by atoms with Gasteiger partial charge in [0.05, 0.1) is 0 Å². The van der Waals surface area contributed by atoms with Crippen molar-refractivity contribution in [2.75, 3.05) is 0 Å². The molecule has 0 fully saturated rings. The zero-order chi connectivity index (χ0) is 13.0. The third-order valence-electron chi connectivity index (χ3n) is 2.26. The molecule has 2 aromatic rings. The lowest BCUT2D eigenvalue weighted by molar-refractivity contribution is -0.138. The standard InChI is InChI=1S/C11H11N3O4/c12-8(11(15)16)9-10(14-18-13-9)17-6-7-4-2-1-3-5-7/h1-5,8H,6,12H2,(H,15,16). The van der Waals surface area contributed by atoms with Gasteiger partial charge in [0, 0.05) is 0 Å². The molecule has 1 aromatic heterocycles. The number of nitrogens with two attached hydrogens (primary N) is 1. The van der Waals surface area contributed by atoms with Gasteiger partial charge in [0.15, 0.2) is 11.7 Å². The van der Waals surface area contributed by atoms with Crippen LogP contribution in [0.2, 0.25) is 0 Å². The Morgan fingerprint density at radius 3 is 2.78 bits per heavy atom. The second-order valence-corrected chi connectivity index (χ2v) is 3.54. The van der Waals surface area contributed by atoms with Gasteiger partial charge < -0.3 is 15.6 Å². The monoisotopic (exact) mass is 249 g/mol. The Kier molecular flexibility index (Phi) is 3.54. The van der Waals surface area contributed by atoms with Crippen molar-refractivity contribution in [3.63, 3.8) is 0 Å². The summed E-state index contributed by atoms with van der Waals surface area (Å²) in [5.74, 6) is -1.23. The van der Waals surface area contributed by atoms with E-state index in [9.17, 15) is 4.79 Å². The van der Waals surface area contributed by atoms with Gasteiger partial charge in [-0.3, -0.25) is 4.79 Å². The third-order valence-corrected chi connectivity index (χ3v) is 2.26. The molecule has 0 radical (unpaired) electrons. The molecule has 3 N–H and O–H groups in total. The number of ether oxygens (including phenoxy) is 1. The largest absolute Gasteiger partial charge is 0.480 e. The van der Waals surface area contributed by atoms with Crippen molar-refractivity contribution in [2.45, 2.75) is 12.6 Å². The Morgan fingerprint density at radius 2 is 2.11 bits per heavy atom. The van der Waals surface area contributed by atoms with E-state index < -0.39 is 12.0 Å². The minimum Gasteiger partial charge on any atom is -0.480 e.